The predicted octanol–water partition coefficient (Wildman–Crippen LogP) is 1.86. The molecule has 0 atom stereocenters. The van der Waals surface area contributed by atoms with Crippen molar-refractivity contribution in [3.63, 3.8) is 0 Å². The van der Waals surface area contributed by atoms with Crippen molar-refractivity contribution in [2.24, 2.45) is 5.92 Å². The van der Waals surface area contributed by atoms with Crippen LogP contribution in [0.4, 0.5) is 0 Å². The Bertz CT molecular complexity index is 622. The molecular formula is C14H19NO5S. The number of carboxylic acid groups (broad SMARTS) is 1. The summed E-state index contributed by atoms with van der Waals surface area (Å²) in [6.07, 6.45) is 4.32. The molecule has 0 amide bonds. The van der Waals surface area contributed by atoms with E-state index in [2.05, 4.69) is 4.72 Å². The first kappa shape index (κ1) is 15.8. The Hall–Kier alpha value is -1.60. The van der Waals surface area contributed by atoms with E-state index >= 15 is 0 Å². The van der Waals surface area contributed by atoms with Gasteiger partial charge in [0.05, 0.1) is 12.0 Å². The first-order valence-corrected chi connectivity index (χ1v) is 8.33. The van der Waals surface area contributed by atoms with Crippen molar-refractivity contribution in [3.05, 3.63) is 23.8 Å². The fourth-order valence-electron chi connectivity index (χ4n) is 2.11. The first-order valence-electron chi connectivity index (χ1n) is 6.85. The van der Waals surface area contributed by atoms with Crippen LogP contribution in [-0.2, 0) is 10.0 Å². The van der Waals surface area contributed by atoms with E-state index in [1.54, 1.807) is 0 Å². The van der Waals surface area contributed by atoms with E-state index in [9.17, 15) is 13.2 Å². The van der Waals surface area contributed by atoms with E-state index < -0.39 is 16.0 Å². The molecule has 0 saturated heterocycles. The van der Waals surface area contributed by atoms with Crippen LogP contribution in [0.25, 0.3) is 0 Å². The molecule has 0 unspecified atom stereocenters. The lowest BCUT2D eigenvalue weighted by Crippen LogP contribution is -2.25. The van der Waals surface area contributed by atoms with Crippen molar-refractivity contribution in [1.82, 2.24) is 4.72 Å². The van der Waals surface area contributed by atoms with Crippen LogP contribution >= 0.6 is 0 Å². The fourth-order valence-corrected chi connectivity index (χ4v) is 3.21. The van der Waals surface area contributed by atoms with Crippen LogP contribution in [0.5, 0.6) is 5.75 Å². The number of benzene rings is 1. The van der Waals surface area contributed by atoms with Gasteiger partial charge in [-0.1, -0.05) is 12.8 Å². The highest BCUT2D eigenvalue weighted by Gasteiger charge is 2.22. The second-order valence-electron chi connectivity index (χ2n) is 5.15. The molecule has 0 aromatic heterocycles. The van der Waals surface area contributed by atoms with E-state index in [-0.39, 0.29) is 16.2 Å². The molecule has 1 fully saturated rings. The molecule has 1 aromatic carbocycles. The van der Waals surface area contributed by atoms with Crippen LogP contribution in [-0.4, -0.2) is 33.1 Å². The predicted molar refractivity (Wildman–Crippen MR) is 77.1 cm³/mol. The molecule has 1 aliphatic carbocycles. The third-order valence-electron chi connectivity index (χ3n) is 3.49. The van der Waals surface area contributed by atoms with E-state index in [0.717, 1.165) is 24.8 Å². The first-order chi connectivity index (χ1) is 9.94. The van der Waals surface area contributed by atoms with Crippen LogP contribution in [0.15, 0.2) is 23.1 Å². The highest BCUT2D eigenvalue weighted by Crippen LogP contribution is 2.33. The normalized spacial score (nSPS) is 14.9. The summed E-state index contributed by atoms with van der Waals surface area (Å²) in [5.74, 6) is -0.332. The van der Waals surface area contributed by atoms with Gasteiger partial charge in [-0.2, -0.15) is 0 Å². The van der Waals surface area contributed by atoms with Gasteiger partial charge in [0.1, 0.15) is 11.3 Å². The lowest BCUT2D eigenvalue weighted by atomic mass is 10.2. The molecule has 21 heavy (non-hydrogen) atoms. The number of rotatable bonds is 8. The van der Waals surface area contributed by atoms with Crippen molar-refractivity contribution in [2.75, 3.05) is 13.7 Å². The number of sulfonamides is 1. The third kappa shape index (κ3) is 4.18. The number of carbonyl (C=O) groups is 1. The molecule has 0 aliphatic heterocycles. The van der Waals surface area contributed by atoms with Crippen LogP contribution in [0.2, 0.25) is 0 Å². The standard InChI is InChI=1S/C14H19NO5S/c1-20-13-7-6-11(9-12(13)14(16)17)21(18,19)15-8-2-3-10-4-5-10/h6-7,9-10,15H,2-5,8H2,1H3,(H,16,17). The monoisotopic (exact) mass is 313 g/mol. The summed E-state index contributed by atoms with van der Waals surface area (Å²) in [7, 11) is -2.35. The minimum Gasteiger partial charge on any atom is -0.496 e. The molecule has 7 heteroatoms. The maximum Gasteiger partial charge on any atom is 0.339 e. The summed E-state index contributed by atoms with van der Waals surface area (Å²) < 4.78 is 31.7. The SMILES string of the molecule is COc1ccc(S(=O)(=O)NCCCC2CC2)cc1C(=O)O. The fraction of sp³-hybridized carbons (Fsp3) is 0.500. The van der Waals surface area contributed by atoms with Gasteiger partial charge < -0.3 is 9.84 Å². The van der Waals surface area contributed by atoms with Gasteiger partial charge >= 0.3 is 5.97 Å². The van der Waals surface area contributed by atoms with Gasteiger partial charge in [0.2, 0.25) is 10.0 Å². The minimum absolute atomic E-state index is 0.0629. The second kappa shape index (κ2) is 6.44. The second-order valence-corrected chi connectivity index (χ2v) is 6.92. The quantitative estimate of drug-likeness (QED) is 0.715. The molecule has 2 rings (SSSR count). The molecule has 0 heterocycles. The van der Waals surface area contributed by atoms with Crippen molar-refractivity contribution < 1.29 is 23.1 Å². The maximum atomic E-state index is 12.1. The Morgan fingerprint density at radius 2 is 2.14 bits per heavy atom. The zero-order valence-corrected chi connectivity index (χ0v) is 12.6. The van der Waals surface area contributed by atoms with Crippen molar-refractivity contribution in [2.45, 2.75) is 30.6 Å². The van der Waals surface area contributed by atoms with Gasteiger partial charge in [0.15, 0.2) is 0 Å². The number of ether oxygens (including phenoxy) is 1. The number of nitrogens with one attached hydrogen (secondary N) is 1. The molecule has 1 saturated carbocycles. The Kier molecular flexibility index (Phi) is 4.84. The van der Waals surface area contributed by atoms with Gasteiger partial charge in [-0.3, -0.25) is 0 Å². The molecule has 6 nitrogen and oxygen atoms in total. The van der Waals surface area contributed by atoms with Gasteiger partial charge in [-0.15, -0.1) is 0 Å². The average Bonchev–Trinajstić information content (AvgIpc) is 3.27. The third-order valence-corrected chi connectivity index (χ3v) is 4.95. The van der Waals surface area contributed by atoms with Gasteiger partial charge in [0.25, 0.3) is 0 Å². The highest BCUT2D eigenvalue weighted by atomic mass is 32.2. The molecule has 0 spiro atoms. The van der Waals surface area contributed by atoms with Crippen molar-refractivity contribution >= 4 is 16.0 Å². The Labute approximate surface area is 124 Å². The summed E-state index contributed by atoms with van der Waals surface area (Å²) >= 11 is 0. The van der Waals surface area contributed by atoms with E-state index in [0.29, 0.717) is 6.54 Å². The van der Waals surface area contributed by atoms with Crippen LogP contribution in [0.3, 0.4) is 0 Å². The molecular weight excluding hydrogens is 294 g/mol. The Balaban J connectivity index is 2.07. The minimum atomic E-state index is -3.69. The van der Waals surface area contributed by atoms with Gasteiger partial charge in [-0.25, -0.2) is 17.9 Å². The van der Waals surface area contributed by atoms with Crippen LogP contribution < -0.4 is 9.46 Å². The van der Waals surface area contributed by atoms with E-state index in [4.69, 9.17) is 9.84 Å². The number of hydrogen-bond donors (Lipinski definition) is 2. The molecule has 1 aromatic rings. The number of methoxy groups -OCH3 is 1. The Morgan fingerprint density at radius 1 is 1.43 bits per heavy atom. The van der Waals surface area contributed by atoms with Crippen LogP contribution in [0.1, 0.15) is 36.0 Å². The topological polar surface area (TPSA) is 92.7 Å². The zero-order valence-electron chi connectivity index (χ0n) is 11.8. The molecule has 0 bridgehead atoms. The van der Waals surface area contributed by atoms with Crippen molar-refractivity contribution in [3.8, 4) is 5.75 Å². The molecule has 116 valence electrons. The molecule has 0 radical (unpaired) electrons. The summed E-state index contributed by atoms with van der Waals surface area (Å²) in [6, 6.07) is 3.81. The van der Waals surface area contributed by atoms with Crippen LogP contribution in [0, 0.1) is 5.92 Å². The maximum absolute atomic E-state index is 12.1. The summed E-state index contributed by atoms with van der Waals surface area (Å²) in [4.78, 5) is 11.0. The number of carboxylic acids is 1. The van der Waals surface area contributed by atoms with E-state index in [1.165, 1.54) is 32.1 Å². The van der Waals surface area contributed by atoms with Gasteiger partial charge in [0, 0.05) is 6.54 Å². The largest absolute Gasteiger partial charge is 0.496 e. The molecule has 2 N–H and O–H groups in total. The van der Waals surface area contributed by atoms with Gasteiger partial charge in [-0.05, 0) is 37.0 Å². The lowest BCUT2D eigenvalue weighted by Gasteiger charge is -2.09. The average molecular weight is 313 g/mol. The zero-order chi connectivity index (χ0) is 15.5. The number of hydrogen-bond acceptors (Lipinski definition) is 4. The lowest BCUT2D eigenvalue weighted by molar-refractivity contribution is 0.0693. The Morgan fingerprint density at radius 3 is 2.71 bits per heavy atom. The summed E-state index contributed by atoms with van der Waals surface area (Å²) in [5.41, 5.74) is -0.168. The molecule has 1 aliphatic rings. The van der Waals surface area contributed by atoms with Crippen molar-refractivity contribution in [1.29, 1.82) is 0 Å². The smallest absolute Gasteiger partial charge is 0.339 e. The summed E-state index contributed by atoms with van der Waals surface area (Å²) in [5, 5.41) is 9.07. The number of aromatic carboxylic acids is 1. The summed E-state index contributed by atoms with van der Waals surface area (Å²) in [6.45, 7) is 0.368. The van der Waals surface area contributed by atoms with E-state index in [1.807, 2.05) is 0 Å². The highest BCUT2D eigenvalue weighted by molar-refractivity contribution is 7.89.